The molecule has 0 fully saturated rings. The molecule has 0 spiro atoms. The Hall–Kier alpha value is -3.43. The molecule has 9 heteroatoms. The van der Waals surface area contributed by atoms with Crippen LogP contribution in [0.25, 0.3) is 0 Å². The fourth-order valence-electron chi connectivity index (χ4n) is 3.12. The van der Waals surface area contributed by atoms with Crippen LogP contribution in [0.2, 0.25) is 0 Å². The molecule has 3 rings (SSSR count). The lowest BCUT2D eigenvalue weighted by atomic mass is 10.1. The van der Waals surface area contributed by atoms with E-state index in [9.17, 15) is 17.6 Å². The minimum absolute atomic E-state index is 0.0782. The van der Waals surface area contributed by atoms with E-state index in [4.69, 9.17) is 9.47 Å². The van der Waals surface area contributed by atoms with Crippen molar-refractivity contribution >= 4 is 21.6 Å². The number of carbonyl (C=O) groups excluding carboxylic acids is 1. The van der Waals surface area contributed by atoms with Crippen LogP contribution in [-0.2, 0) is 32.6 Å². The van der Waals surface area contributed by atoms with Gasteiger partial charge in [-0.1, -0.05) is 24.3 Å². The van der Waals surface area contributed by atoms with Crippen molar-refractivity contribution in [2.24, 2.45) is 0 Å². The van der Waals surface area contributed by atoms with E-state index in [-0.39, 0.29) is 29.8 Å². The van der Waals surface area contributed by atoms with Gasteiger partial charge in [0.25, 0.3) is 10.0 Å². The Labute approximate surface area is 199 Å². The summed E-state index contributed by atoms with van der Waals surface area (Å²) in [5.74, 6) is 0.0946. The van der Waals surface area contributed by atoms with Crippen LogP contribution in [0.15, 0.2) is 77.7 Å². The van der Waals surface area contributed by atoms with E-state index in [0.29, 0.717) is 30.8 Å². The van der Waals surface area contributed by atoms with Gasteiger partial charge in [0, 0.05) is 12.2 Å². The second-order valence-electron chi connectivity index (χ2n) is 7.55. The van der Waals surface area contributed by atoms with E-state index in [0.717, 1.165) is 11.1 Å². The highest BCUT2D eigenvalue weighted by atomic mass is 32.2. The number of rotatable bonds is 12. The SMILES string of the molecule is COc1ccc(NS(=O)(=O)c2ccc(CCCNC(=O)COCc3ccc(F)cc3)cc2)cc1. The molecule has 0 aliphatic heterocycles. The molecule has 0 unspecified atom stereocenters. The molecule has 3 aromatic carbocycles. The van der Waals surface area contributed by atoms with Crippen LogP contribution in [0.5, 0.6) is 5.75 Å². The zero-order valence-corrected chi connectivity index (χ0v) is 19.6. The maximum Gasteiger partial charge on any atom is 0.261 e. The molecule has 1 amide bonds. The lowest BCUT2D eigenvalue weighted by Gasteiger charge is -2.10. The molecule has 34 heavy (non-hydrogen) atoms. The molecule has 180 valence electrons. The first-order chi connectivity index (χ1) is 16.4. The highest BCUT2D eigenvalue weighted by molar-refractivity contribution is 7.92. The van der Waals surface area contributed by atoms with Crippen LogP contribution >= 0.6 is 0 Å². The van der Waals surface area contributed by atoms with Gasteiger partial charge in [-0.2, -0.15) is 0 Å². The minimum atomic E-state index is -3.70. The van der Waals surface area contributed by atoms with E-state index in [1.165, 1.54) is 12.1 Å². The molecule has 0 aliphatic rings. The standard InChI is InChI=1S/C25H27FN2O5S/c1-32-23-12-10-22(11-13-23)28-34(30,31)24-14-6-19(7-15-24)3-2-16-27-25(29)18-33-17-20-4-8-21(26)9-5-20/h4-15,28H,2-3,16-18H2,1H3,(H,27,29). The smallest absolute Gasteiger partial charge is 0.261 e. The number of amides is 1. The number of methoxy groups -OCH3 is 1. The van der Waals surface area contributed by atoms with Gasteiger partial charge < -0.3 is 14.8 Å². The number of aryl methyl sites for hydroxylation is 1. The Morgan fingerprint density at radius 3 is 2.21 bits per heavy atom. The Balaban J connectivity index is 1.37. The first-order valence-electron chi connectivity index (χ1n) is 10.7. The van der Waals surface area contributed by atoms with Gasteiger partial charge in [0.05, 0.1) is 18.6 Å². The van der Waals surface area contributed by atoms with Gasteiger partial charge in [0.2, 0.25) is 5.91 Å². The van der Waals surface area contributed by atoms with Crippen molar-refractivity contribution in [1.29, 1.82) is 0 Å². The molecule has 7 nitrogen and oxygen atoms in total. The number of anilines is 1. The third-order valence-corrected chi connectivity index (χ3v) is 6.35. The lowest BCUT2D eigenvalue weighted by Crippen LogP contribution is -2.28. The summed E-state index contributed by atoms with van der Waals surface area (Å²) in [6, 6.07) is 19.2. The molecular weight excluding hydrogens is 459 g/mol. The average Bonchev–Trinajstić information content (AvgIpc) is 2.84. The molecule has 0 saturated heterocycles. The van der Waals surface area contributed by atoms with Crippen LogP contribution in [-0.4, -0.2) is 34.6 Å². The van der Waals surface area contributed by atoms with E-state index in [1.807, 2.05) is 0 Å². The average molecular weight is 487 g/mol. The fraction of sp³-hybridized carbons (Fsp3) is 0.240. The van der Waals surface area contributed by atoms with Crippen LogP contribution < -0.4 is 14.8 Å². The van der Waals surface area contributed by atoms with Gasteiger partial charge in [-0.25, -0.2) is 12.8 Å². The first-order valence-corrected chi connectivity index (χ1v) is 12.2. The third-order valence-electron chi connectivity index (χ3n) is 4.96. The highest BCUT2D eigenvalue weighted by Gasteiger charge is 2.14. The van der Waals surface area contributed by atoms with Crippen molar-refractivity contribution in [3.8, 4) is 5.75 Å². The van der Waals surface area contributed by atoms with Gasteiger partial charge in [0.1, 0.15) is 18.2 Å². The lowest BCUT2D eigenvalue weighted by molar-refractivity contribution is -0.126. The van der Waals surface area contributed by atoms with Crippen molar-refractivity contribution in [3.05, 3.63) is 89.7 Å². The number of hydrogen-bond donors (Lipinski definition) is 2. The van der Waals surface area contributed by atoms with Gasteiger partial charge in [0.15, 0.2) is 0 Å². The Bertz CT molecular complexity index is 1170. The summed E-state index contributed by atoms with van der Waals surface area (Å²) in [6.07, 6.45) is 1.38. The highest BCUT2D eigenvalue weighted by Crippen LogP contribution is 2.20. The van der Waals surface area contributed by atoms with Crippen molar-refractivity contribution in [2.75, 3.05) is 25.0 Å². The van der Waals surface area contributed by atoms with Gasteiger partial charge >= 0.3 is 0 Å². The van der Waals surface area contributed by atoms with E-state index in [1.54, 1.807) is 67.8 Å². The summed E-state index contributed by atoms with van der Waals surface area (Å²) in [4.78, 5) is 12.0. The molecular formula is C25H27FN2O5S. The molecule has 0 atom stereocenters. The fourth-order valence-corrected chi connectivity index (χ4v) is 4.18. The molecule has 0 saturated carbocycles. The van der Waals surface area contributed by atoms with E-state index < -0.39 is 10.0 Å². The monoisotopic (exact) mass is 486 g/mol. The number of nitrogens with one attached hydrogen (secondary N) is 2. The van der Waals surface area contributed by atoms with Crippen molar-refractivity contribution in [3.63, 3.8) is 0 Å². The summed E-state index contributed by atoms with van der Waals surface area (Å²) in [6.45, 7) is 0.624. The zero-order chi connectivity index (χ0) is 24.4. The van der Waals surface area contributed by atoms with Gasteiger partial charge in [-0.15, -0.1) is 0 Å². The maximum absolute atomic E-state index is 12.9. The largest absolute Gasteiger partial charge is 0.497 e. The van der Waals surface area contributed by atoms with Crippen molar-refractivity contribution < 1.29 is 27.1 Å². The predicted octanol–water partition coefficient (Wildman–Crippen LogP) is 3.90. The van der Waals surface area contributed by atoms with Crippen LogP contribution in [0.1, 0.15) is 17.5 Å². The van der Waals surface area contributed by atoms with Gasteiger partial charge in [-0.3, -0.25) is 9.52 Å². The van der Waals surface area contributed by atoms with Crippen molar-refractivity contribution in [2.45, 2.75) is 24.3 Å². The Morgan fingerprint density at radius 2 is 1.56 bits per heavy atom. The topological polar surface area (TPSA) is 93.7 Å². The van der Waals surface area contributed by atoms with Crippen LogP contribution in [0, 0.1) is 5.82 Å². The third kappa shape index (κ3) is 7.86. The first kappa shape index (κ1) is 25.2. The second-order valence-corrected chi connectivity index (χ2v) is 9.23. The number of halogens is 1. The summed E-state index contributed by atoms with van der Waals surface area (Å²) in [5.41, 5.74) is 2.20. The minimum Gasteiger partial charge on any atom is -0.497 e. The summed E-state index contributed by atoms with van der Waals surface area (Å²) >= 11 is 0. The number of carbonyl (C=O) groups is 1. The van der Waals surface area contributed by atoms with Gasteiger partial charge in [-0.05, 0) is 72.5 Å². The van der Waals surface area contributed by atoms with Crippen LogP contribution in [0.3, 0.4) is 0 Å². The number of ether oxygens (including phenoxy) is 2. The quantitative estimate of drug-likeness (QED) is 0.379. The number of benzene rings is 3. The van der Waals surface area contributed by atoms with E-state index in [2.05, 4.69) is 10.0 Å². The molecule has 3 aromatic rings. The molecule has 0 radical (unpaired) electrons. The summed E-state index contributed by atoms with van der Waals surface area (Å²) < 4.78 is 51.0. The summed E-state index contributed by atoms with van der Waals surface area (Å²) in [5, 5.41) is 2.78. The molecule has 2 N–H and O–H groups in total. The number of sulfonamides is 1. The second kappa shape index (κ2) is 12.2. The Kier molecular flexibility index (Phi) is 9.00. The molecule has 0 aromatic heterocycles. The van der Waals surface area contributed by atoms with Crippen molar-refractivity contribution in [1.82, 2.24) is 5.32 Å². The molecule has 0 heterocycles. The normalized spacial score (nSPS) is 11.1. The summed E-state index contributed by atoms with van der Waals surface area (Å²) in [7, 11) is -2.15. The molecule has 0 aliphatic carbocycles. The van der Waals surface area contributed by atoms with Crippen LogP contribution in [0.4, 0.5) is 10.1 Å². The Morgan fingerprint density at radius 1 is 0.912 bits per heavy atom. The predicted molar refractivity (Wildman–Crippen MR) is 128 cm³/mol. The van der Waals surface area contributed by atoms with E-state index >= 15 is 0 Å². The zero-order valence-electron chi connectivity index (χ0n) is 18.8. The number of hydrogen-bond acceptors (Lipinski definition) is 5. The molecule has 0 bridgehead atoms. The maximum atomic E-state index is 12.9.